The van der Waals surface area contributed by atoms with Gasteiger partial charge in [0.1, 0.15) is 5.58 Å². The molecule has 0 saturated carbocycles. The fraction of sp³-hybridized carbons (Fsp3) is 0.214. The van der Waals surface area contributed by atoms with Crippen molar-refractivity contribution in [3.63, 3.8) is 0 Å². The molecule has 5 nitrogen and oxygen atoms in total. The minimum absolute atomic E-state index is 0.0908. The number of aliphatic hydroxyl groups is 1. The van der Waals surface area contributed by atoms with E-state index in [1.54, 1.807) is 17.1 Å². The lowest BCUT2D eigenvalue weighted by atomic mass is 10.2. The highest BCUT2D eigenvalue weighted by Gasteiger charge is 2.05. The van der Waals surface area contributed by atoms with E-state index in [9.17, 15) is 0 Å². The lowest BCUT2D eigenvalue weighted by Crippen LogP contribution is -2.02. The highest BCUT2D eigenvalue weighted by atomic mass is 16.3. The van der Waals surface area contributed by atoms with E-state index in [0.29, 0.717) is 13.1 Å². The van der Waals surface area contributed by atoms with Gasteiger partial charge in [0.15, 0.2) is 0 Å². The maximum atomic E-state index is 8.83. The Morgan fingerprint density at radius 2 is 2.21 bits per heavy atom. The first-order valence-corrected chi connectivity index (χ1v) is 6.19. The molecule has 0 aliphatic rings. The molecular formula is C14H15N3O2. The number of aromatic nitrogens is 2. The van der Waals surface area contributed by atoms with Crippen molar-refractivity contribution in [3.8, 4) is 0 Å². The second-order valence-corrected chi connectivity index (χ2v) is 4.33. The Hall–Kier alpha value is -2.27. The molecule has 2 N–H and O–H groups in total. The summed E-state index contributed by atoms with van der Waals surface area (Å²) in [7, 11) is 0. The zero-order valence-electron chi connectivity index (χ0n) is 10.4. The van der Waals surface area contributed by atoms with E-state index in [2.05, 4.69) is 10.4 Å². The number of hydrogen-bond acceptors (Lipinski definition) is 4. The zero-order valence-corrected chi connectivity index (χ0v) is 10.4. The Bertz CT molecular complexity index is 672. The second kappa shape index (κ2) is 5.16. The molecule has 19 heavy (non-hydrogen) atoms. The predicted octanol–water partition coefficient (Wildman–Crippen LogP) is 2.23. The summed E-state index contributed by atoms with van der Waals surface area (Å²) in [6.45, 7) is 1.28. The van der Waals surface area contributed by atoms with Crippen LogP contribution in [0.2, 0.25) is 0 Å². The molecule has 0 amide bonds. The molecule has 3 aromatic rings. The molecule has 2 heterocycles. The normalized spacial score (nSPS) is 11.0. The molecule has 0 aliphatic heterocycles. The van der Waals surface area contributed by atoms with Gasteiger partial charge >= 0.3 is 0 Å². The Morgan fingerprint density at radius 1 is 1.32 bits per heavy atom. The minimum atomic E-state index is 0.0908. The summed E-state index contributed by atoms with van der Waals surface area (Å²) in [5.41, 5.74) is 2.94. The van der Waals surface area contributed by atoms with Crippen LogP contribution >= 0.6 is 0 Å². The molecule has 5 heteroatoms. The molecule has 3 rings (SSSR count). The number of furan rings is 1. The van der Waals surface area contributed by atoms with Crippen molar-refractivity contribution in [1.82, 2.24) is 9.78 Å². The first kappa shape index (κ1) is 11.8. The van der Waals surface area contributed by atoms with Crippen LogP contribution in [0.5, 0.6) is 0 Å². The molecule has 0 spiro atoms. The SMILES string of the molecule is OCCn1cc(NCc2coc3ccccc23)cn1. The van der Waals surface area contributed by atoms with Gasteiger partial charge in [0, 0.05) is 23.7 Å². The third kappa shape index (κ3) is 2.46. The molecule has 2 aromatic heterocycles. The van der Waals surface area contributed by atoms with E-state index in [1.165, 1.54) is 0 Å². The summed E-state index contributed by atoms with van der Waals surface area (Å²) in [4.78, 5) is 0. The Morgan fingerprint density at radius 3 is 3.11 bits per heavy atom. The number of anilines is 1. The van der Waals surface area contributed by atoms with E-state index in [-0.39, 0.29) is 6.61 Å². The standard InChI is InChI=1S/C14H15N3O2/c18-6-5-17-9-12(8-16-17)15-7-11-10-19-14-4-2-1-3-13(11)14/h1-4,8-10,15,18H,5-7H2. The number of benzene rings is 1. The number of rotatable bonds is 5. The van der Waals surface area contributed by atoms with Crippen LogP contribution < -0.4 is 5.32 Å². The summed E-state index contributed by atoms with van der Waals surface area (Å²) in [5.74, 6) is 0. The Kier molecular flexibility index (Phi) is 3.20. The summed E-state index contributed by atoms with van der Waals surface area (Å²) in [6.07, 6.45) is 5.40. The highest BCUT2D eigenvalue weighted by molar-refractivity contribution is 5.81. The summed E-state index contributed by atoms with van der Waals surface area (Å²) >= 11 is 0. The third-order valence-electron chi connectivity index (χ3n) is 3.01. The van der Waals surface area contributed by atoms with E-state index < -0.39 is 0 Å². The quantitative estimate of drug-likeness (QED) is 0.735. The monoisotopic (exact) mass is 257 g/mol. The fourth-order valence-corrected chi connectivity index (χ4v) is 2.05. The van der Waals surface area contributed by atoms with Crippen molar-refractivity contribution in [2.75, 3.05) is 11.9 Å². The van der Waals surface area contributed by atoms with Crippen LogP contribution in [0.25, 0.3) is 11.0 Å². The van der Waals surface area contributed by atoms with Crippen molar-refractivity contribution in [2.45, 2.75) is 13.1 Å². The average Bonchev–Trinajstić information content (AvgIpc) is 3.04. The molecule has 1 aromatic carbocycles. The summed E-state index contributed by atoms with van der Waals surface area (Å²) in [6, 6.07) is 7.96. The molecule has 0 unspecified atom stereocenters. The van der Waals surface area contributed by atoms with Gasteiger partial charge in [-0.15, -0.1) is 0 Å². The van der Waals surface area contributed by atoms with Gasteiger partial charge in [-0.1, -0.05) is 18.2 Å². The van der Waals surface area contributed by atoms with E-state index >= 15 is 0 Å². The first-order valence-electron chi connectivity index (χ1n) is 6.19. The lowest BCUT2D eigenvalue weighted by molar-refractivity contribution is 0.269. The molecule has 0 saturated heterocycles. The topological polar surface area (TPSA) is 63.2 Å². The van der Waals surface area contributed by atoms with E-state index in [1.807, 2.05) is 30.5 Å². The third-order valence-corrected chi connectivity index (χ3v) is 3.01. The van der Waals surface area contributed by atoms with Crippen LogP contribution in [0.1, 0.15) is 5.56 Å². The van der Waals surface area contributed by atoms with Crippen molar-refractivity contribution in [2.24, 2.45) is 0 Å². The van der Waals surface area contributed by atoms with Gasteiger partial charge in [-0.05, 0) is 6.07 Å². The highest BCUT2D eigenvalue weighted by Crippen LogP contribution is 2.21. The molecular weight excluding hydrogens is 242 g/mol. The van der Waals surface area contributed by atoms with Crippen LogP contribution in [-0.4, -0.2) is 21.5 Å². The van der Waals surface area contributed by atoms with Gasteiger partial charge in [0.25, 0.3) is 0 Å². The number of nitrogens with zero attached hydrogens (tertiary/aromatic N) is 2. The van der Waals surface area contributed by atoms with Crippen molar-refractivity contribution in [1.29, 1.82) is 0 Å². The maximum Gasteiger partial charge on any atom is 0.134 e. The minimum Gasteiger partial charge on any atom is -0.464 e. The largest absolute Gasteiger partial charge is 0.464 e. The average molecular weight is 257 g/mol. The van der Waals surface area contributed by atoms with Crippen molar-refractivity contribution >= 4 is 16.7 Å². The van der Waals surface area contributed by atoms with Crippen LogP contribution in [0.15, 0.2) is 47.3 Å². The predicted molar refractivity (Wildman–Crippen MR) is 72.9 cm³/mol. The number of para-hydroxylation sites is 1. The number of fused-ring (bicyclic) bond motifs is 1. The molecule has 0 aliphatic carbocycles. The first-order chi connectivity index (χ1) is 9.36. The Labute approximate surface area is 110 Å². The summed E-state index contributed by atoms with van der Waals surface area (Å²) < 4.78 is 7.19. The molecule has 0 fully saturated rings. The zero-order chi connectivity index (χ0) is 13.1. The van der Waals surface area contributed by atoms with Crippen LogP contribution in [0.3, 0.4) is 0 Å². The lowest BCUT2D eigenvalue weighted by Gasteiger charge is -2.01. The van der Waals surface area contributed by atoms with Gasteiger partial charge in [0.05, 0.1) is 31.3 Å². The summed E-state index contributed by atoms with van der Waals surface area (Å²) in [5, 5.41) is 17.4. The van der Waals surface area contributed by atoms with Crippen molar-refractivity contribution < 1.29 is 9.52 Å². The maximum absolute atomic E-state index is 8.83. The fourth-order valence-electron chi connectivity index (χ4n) is 2.05. The Balaban J connectivity index is 1.71. The number of hydrogen-bond donors (Lipinski definition) is 2. The van der Waals surface area contributed by atoms with Gasteiger partial charge in [-0.25, -0.2) is 0 Å². The van der Waals surface area contributed by atoms with Gasteiger partial charge < -0.3 is 14.8 Å². The molecule has 0 atom stereocenters. The molecule has 0 radical (unpaired) electrons. The van der Waals surface area contributed by atoms with Gasteiger partial charge in [-0.2, -0.15) is 5.10 Å². The molecule has 0 bridgehead atoms. The number of aliphatic hydroxyl groups excluding tert-OH is 1. The van der Waals surface area contributed by atoms with Crippen LogP contribution in [0.4, 0.5) is 5.69 Å². The smallest absolute Gasteiger partial charge is 0.134 e. The van der Waals surface area contributed by atoms with Gasteiger partial charge in [0.2, 0.25) is 0 Å². The van der Waals surface area contributed by atoms with Gasteiger partial charge in [-0.3, -0.25) is 4.68 Å². The van der Waals surface area contributed by atoms with Crippen LogP contribution in [0, 0.1) is 0 Å². The number of nitrogens with one attached hydrogen (secondary N) is 1. The van der Waals surface area contributed by atoms with E-state index in [0.717, 1.165) is 22.2 Å². The second-order valence-electron chi connectivity index (χ2n) is 4.33. The molecule has 98 valence electrons. The van der Waals surface area contributed by atoms with Crippen LogP contribution in [-0.2, 0) is 13.1 Å². The van der Waals surface area contributed by atoms with E-state index in [4.69, 9.17) is 9.52 Å². The van der Waals surface area contributed by atoms with Crippen molar-refractivity contribution in [3.05, 3.63) is 48.5 Å².